The molecule has 1 unspecified atom stereocenters. The van der Waals surface area contributed by atoms with Crippen molar-refractivity contribution in [3.8, 4) is 5.75 Å². The van der Waals surface area contributed by atoms with E-state index in [4.69, 9.17) is 9.47 Å². The fourth-order valence-corrected chi connectivity index (χ4v) is 5.06. The van der Waals surface area contributed by atoms with E-state index in [0.717, 1.165) is 19.3 Å². The number of likely N-dealkylation sites (tertiary alicyclic amines) is 1. The van der Waals surface area contributed by atoms with Crippen LogP contribution in [-0.2, 0) is 25.5 Å². The number of amides is 3. The topological polar surface area (TPSA) is 118 Å². The average molecular weight is 529 g/mol. The van der Waals surface area contributed by atoms with E-state index in [-0.39, 0.29) is 48.6 Å². The monoisotopic (exact) mass is 528 g/mol. The van der Waals surface area contributed by atoms with E-state index >= 15 is 0 Å². The zero-order valence-electron chi connectivity index (χ0n) is 21.1. The summed E-state index contributed by atoms with van der Waals surface area (Å²) in [5.74, 6) is -0.545. The quantitative estimate of drug-likeness (QED) is 0.471. The average Bonchev–Trinajstić information content (AvgIpc) is 3.67. The summed E-state index contributed by atoms with van der Waals surface area (Å²) >= 11 is 1.23. The highest BCUT2D eigenvalue weighted by Crippen LogP contribution is 2.29. The van der Waals surface area contributed by atoms with Crippen LogP contribution in [0.5, 0.6) is 5.75 Å². The second kappa shape index (κ2) is 12.2. The Hall–Kier alpha value is -3.47. The van der Waals surface area contributed by atoms with Crippen LogP contribution < -0.4 is 10.1 Å². The van der Waals surface area contributed by atoms with Crippen molar-refractivity contribution in [2.24, 2.45) is 5.92 Å². The molecule has 11 heteroatoms. The number of hydrogen-bond donors (Lipinski definition) is 1. The fourth-order valence-electron chi connectivity index (χ4n) is 4.33. The third-order valence-corrected chi connectivity index (χ3v) is 7.23. The number of benzene rings is 1. The molecule has 0 spiro atoms. The van der Waals surface area contributed by atoms with Crippen molar-refractivity contribution in [2.75, 3.05) is 38.7 Å². The summed E-state index contributed by atoms with van der Waals surface area (Å²) in [6.07, 6.45) is 3.29. The molecule has 2 heterocycles. The molecule has 1 aliphatic carbocycles. The number of carbonyl (C=O) groups is 4. The number of nitrogens with one attached hydrogen (secondary N) is 1. The molecule has 0 radical (unpaired) electrons. The Morgan fingerprint density at radius 2 is 1.92 bits per heavy atom. The lowest BCUT2D eigenvalue weighted by atomic mass is 9.98. The molecule has 3 amide bonds. The van der Waals surface area contributed by atoms with Crippen LogP contribution in [0.25, 0.3) is 0 Å². The van der Waals surface area contributed by atoms with Crippen molar-refractivity contribution < 1.29 is 28.7 Å². The standard InChI is InChI=1S/C26H32N4O6S/c1-3-36-25(34)18-5-4-12-29(14-18)23(32)13-19-16-37-26(27-19)28-22(31)15-30(20-8-9-20)24(33)17-6-10-21(35-2)11-7-17/h6-7,10-11,16,18,20H,3-5,8-9,12-15H2,1-2H3,(H,27,28,31). The lowest BCUT2D eigenvalue weighted by Crippen LogP contribution is -2.43. The molecule has 10 nitrogen and oxygen atoms in total. The fraction of sp³-hybridized carbons (Fsp3) is 0.500. The molecular formula is C26H32N4O6S. The summed E-state index contributed by atoms with van der Waals surface area (Å²) in [5.41, 5.74) is 1.05. The van der Waals surface area contributed by atoms with E-state index in [1.807, 2.05) is 0 Å². The Morgan fingerprint density at radius 3 is 2.59 bits per heavy atom. The van der Waals surface area contributed by atoms with Crippen molar-refractivity contribution in [3.63, 3.8) is 0 Å². The van der Waals surface area contributed by atoms with E-state index in [2.05, 4.69) is 10.3 Å². The van der Waals surface area contributed by atoms with Gasteiger partial charge in [-0.3, -0.25) is 19.2 Å². The highest BCUT2D eigenvalue weighted by atomic mass is 32.1. The second-order valence-corrected chi connectivity index (χ2v) is 10.1. The summed E-state index contributed by atoms with van der Waals surface area (Å²) in [6, 6.07) is 6.87. The number of carbonyl (C=O) groups excluding carboxylic acids is 4. The molecule has 2 aliphatic rings. The van der Waals surface area contributed by atoms with Gasteiger partial charge >= 0.3 is 5.97 Å². The van der Waals surface area contributed by atoms with E-state index in [0.29, 0.717) is 48.3 Å². The highest BCUT2D eigenvalue weighted by molar-refractivity contribution is 7.13. The van der Waals surface area contributed by atoms with Gasteiger partial charge < -0.3 is 24.6 Å². The van der Waals surface area contributed by atoms with Crippen molar-refractivity contribution >= 4 is 40.2 Å². The number of ether oxygens (including phenoxy) is 2. The van der Waals surface area contributed by atoms with E-state index in [1.54, 1.807) is 53.5 Å². The molecule has 1 saturated carbocycles. The predicted molar refractivity (Wildman–Crippen MR) is 137 cm³/mol. The third kappa shape index (κ3) is 7.06. The minimum Gasteiger partial charge on any atom is -0.497 e. The normalized spacial score (nSPS) is 17.1. The minimum absolute atomic E-state index is 0.0489. The maximum Gasteiger partial charge on any atom is 0.310 e. The van der Waals surface area contributed by atoms with Crippen LogP contribution in [0.4, 0.5) is 5.13 Å². The molecule has 4 rings (SSSR count). The first-order chi connectivity index (χ1) is 17.9. The molecule has 37 heavy (non-hydrogen) atoms. The van der Waals surface area contributed by atoms with Gasteiger partial charge in [0.05, 0.1) is 31.7 Å². The maximum atomic E-state index is 13.0. The Balaban J connectivity index is 1.30. The number of piperidine rings is 1. The van der Waals surface area contributed by atoms with Gasteiger partial charge in [-0.25, -0.2) is 4.98 Å². The van der Waals surface area contributed by atoms with Crippen LogP contribution in [-0.4, -0.2) is 77.9 Å². The molecule has 1 aliphatic heterocycles. The molecular weight excluding hydrogens is 496 g/mol. The first-order valence-corrected chi connectivity index (χ1v) is 13.4. The van der Waals surface area contributed by atoms with Gasteiger partial charge in [0.25, 0.3) is 5.91 Å². The zero-order chi connectivity index (χ0) is 26.4. The summed E-state index contributed by atoms with van der Waals surface area (Å²) < 4.78 is 10.3. The molecule has 1 atom stereocenters. The zero-order valence-corrected chi connectivity index (χ0v) is 21.9. The Morgan fingerprint density at radius 1 is 1.16 bits per heavy atom. The number of rotatable bonds is 10. The summed E-state index contributed by atoms with van der Waals surface area (Å²) in [5, 5.41) is 4.87. The van der Waals surface area contributed by atoms with Crippen LogP contribution in [0, 0.1) is 5.92 Å². The number of anilines is 1. The van der Waals surface area contributed by atoms with Crippen molar-refractivity contribution in [1.82, 2.24) is 14.8 Å². The highest BCUT2D eigenvalue weighted by Gasteiger charge is 2.34. The van der Waals surface area contributed by atoms with Gasteiger partial charge in [0.15, 0.2) is 5.13 Å². The minimum atomic E-state index is -0.339. The Labute approximate surface area is 219 Å². The summed E-state index contributed by atoms with van der Waals surface area (Å²) in [7, 11) is 1.56. The smallest absolute Gasteiger partial charge is 0.310 e. The van der Waals surface area contributed by atoms with Crippen molar-refractivity contribution in [2.45, 2.75) is 45.1 Å². The Bertz CT molecular complexity index is 1130. The molecule has 1 saturated heterocycles. The van der Waals surface area contributed by atoms with Gasteiger partial charge in [-0.15, -0.1) is 11.3 Å². The number of methoxy groups -OCH3 is 1. The number of thiazole rings is 1. The van der Waals surface area contributed by atoms with Crippen LogP contribution >= 0.6 is 11.3 Å². The third-order valence-electron chi connectivity index (χ3n) is 6.42. The maximum absolute atomic E-state index is 13.0. The largest absolute Gasteiger partial charge is 0.497 e. The van der Waals surface area contributed by atoms with Crippen molar-refractivity contribution in [3.05, 3.63) is 40.9 Å². The first-order valence-electron chi connectivity index (χ1n) is 12.5. The van der Waals surface area contributed by atoms with Gasteiger partial charge in [0.1, 0.15) is 12.3 Å². The molecule has 198 valence electrons. The van der Waals surface area contributed by atoms with Crippen LogP contribution in [0.15, 0.2) is 29.6 Å². The van der Waals surface area contributed by atoms with E-state index in [9.17, 15) is 19.2 Å². The molecule has 1 N–H and O–H groups in total. The predicted octanol–water partition coefficient (Wildman–Crippen LogP) is 2.74. The van der Waals surface area contributed by atoms with Gasteiger partial charge in [0.2, 0.25) is 11.8 Å². The Kier molecular flexibility index (Phi) is 8.75. The van der Waals surface area contributed by atoms with Crippen LogP contribution in [0.3, 0.4) is 0 Å². The van der Waals surface area contributed by atoms with Gasteiger partial charge in [0, 0.05) is 30.1 Å². The van der Waals surface area contributed by atoms with Crippen molar-refractivity contribution in [1.29, 1.82) is 0 Å². The number of aromatic nitrogens is 1. The number of nitrogens with zero attached hydrogens (tertiary/aromatic N) is 3. The lowest BCUT2D eigenvalue weighted by molar-refractivity contribution is -0.151. The number of esters is 1. The van der Waals surface area contributed by atoms with E-state index < -0.39 is 0 Å². The second-order valence-electron chi connectivity index (χ2n) is 9.19. The number of hydrogen-bond acceptors (Lipinski definition) is 8. The molecule has 2 aromatic rings. The molecule has 2 fully saturated rings. The van der Waals surface area contributed by atoms with Crippen LogP contribution in [0.2, 0.25) is 0 Å². The first kappa shape index (κ1) is 26.6. The molecule has 1 aromatic carbocycles. The summed E-state index contributed by atoms with van der Waals surface area (Å²) in [4.78, 5) is 58.3. The van der Waals surface area contributed by atoms with Crippen LogP contribution in [0.1, 0.15) is 48.7 Å². The van der Waals surface area contributed by atoms with Gasteiger partial charge in [-0.1, -0.05) is 0 Å². The van der Waals surface area contributed by atoms with Gasteiger partial charge in [-0.2, -0.15) is 0 Å². The lowest BCUT2D eigenvalue weighted by Gasteiger charge is -2.31. The molecule has 0 bridgehead atoms. The van der Waals surface area contributed by atoms with E-state index in [1.165, 1.54) is 11.3 Å². The molecule has 1 aromatic heterocycles. The SMILES string of the molecule is CCOC(=O)C1CCCN(C(=O)Cc2csc(NC(=O)CN(C(=O)c3ccc(OC)cc3)C3CC3)n2)C1. The summed E-state index contributed by atoms with van der Waals surface area (Å²) in [6.45, 7) is 2.97. The van der Waals surface area contributed by atoms with Gasteiger partial charge in [-0.05, 0) is 56.9 Å².